The Labute approximate surface area is 113 Å². The quantitative estimate of drug-likeness (QED) is 0.622. The zero-order valence-corrected chi connectivity index (χ0v) is 13.2. The highest BCUT2D eigenvalue weighted by Gasteiger charge is 2.11. The van der Waals surface area contributed by atoms with Crippen molar-refractivity contribution in [3.63, 3.8) is 0 Å². The fourth-order valence-electron chi connectivity index (χ4n) is 2.01. The van der Waals surface area contributed by atoms with Crippen molar-refractivity contribution in [2.75, 3.05) is 38.2 Å². The van der Waals surface area contributed by atoms with Crippen molar-refractivity contribution in [1.29, 1.82) is 0 Å². The summed E-state index contributed by atoms with van der Waals surface area (Å²) in [5, 5.41) is 3.29. The van der Waals surface area contributed by atoms with Gasteiger partial charge in [0.1, 0.15) is 9.84 Å². The van der Waals surface area contributed by atoms with Crippen LogP contribution in [0.4, 0.5) is 0 Å². The van der Waals surface area contributed by atoms with Gasteiger partial charge >= 0.3 is 0 Å². The van der Waals surface area contributed by atoms with Crippen LogP contribution in [0.25, 0.3) is 0 Å². The first-order valence-corrected chi connectivity index (χ1v) is 8.91. The highest BCUT2D eigenvalue weighted by atomic mass is 32.2. The minimum atomic E-state index is -2.80. The van der Waals surface area contributed by atoms with Gasteiger partial charge in [-0.25, -0.2) is 8.42 Å². The molecule has 0 saturated heterocycles. The minimum Gasteiger partial charge on any atom is -0.317 e. The lowest BCUT2D eigenvalue weighted by Crippen LogP contribution is -2.32. The molecule has 0 radical (unpaired) electrons. The lowest BCUT2D eigenvalue weighted by Gasteiger charge is -2.22. The zero-order chi connectivity index (χ0) is 14.0. The van der Waals surface area contributed by atoms with Gasteiger partial charge in [-0.2, -0.15) is 0 Å². The largest absolute Gasteiger partial charge is 0.317 e. The maximum atomic E-state index is 11.4. The molecular weight excluding hydrogens is 248 g/mol. The van der Waals surface area contributed by atoms with E-state index >= 15 is 0 Å². The molecule has 18 heavy (non-hydrogen) atoms. The molecule has 0 aliphatic carbocycles. The second-order valence-electron chi connectivity index (χ2n) is 4.68. The van der Waals surface area contributed by atoms with Crippen molar-refractivity contribution in [2.45, 2.75) is 46.1 Å². The van der Waals surface area contributed by atoms with E-state index in [1.54, 1.807) is 6.92 Å². The average molecular weight is 278 g/mol. The third kappa shape index (κ3) is 8.06. The summed E-state index contributed by atoms with van der Waals surface area (Å²) in [6.07, 6.45) is 2.79. The third-order valence-electron chi connectivity index (χ3n) is 3.54. The minimum absolute atomic E-state index is 0.261. The lowest BCUT2D eigenvalue weighted by molar-refractivity contribution is 0.280. The second kappa shape index (κ2) is 9.75. The van der Waals surface area contributed by atoms with E-state index in [9.17, 15) is 8.42 Å². The molecule has 5 heteroatoms. The number of hydrogen-bond donors (Lipinski definition) is 1. The molecule has 1 N–H and O–H groups in total. The Kier molecular flexibility index (Phi) is 9.68. The maximum absolute atomic E-state index is 11.4. The molecule has 0 aromatic heterocycles. The predicted molar refractivity (Wildman–Crippen MR) is 78.8 cm³/mol. The monoisotopic (exact) mass is 278 g/mol. The van der Waals surface area contributed by atoms with Crippen LogP contribution >= 0.6 is 0 Å². The molecule has 0 aliphatic rings. The number of nitrogens with one attached hydrogen (secondary N) is 1. The number of rotatable bonds is 11. The number of nitrogens with zero attached hydrogens (tertiary/aromatic N) is 1. The standard InChI is InChI=1S/C13H30N2O2S/c1-5-15(6-2)11-10-13(14-4)9-8-12-18(16,17)7-3/h13-14H,5-12H2,1-4H3. The van der Waals surface area contributed by atoms with Gasteiger partial charge in [0, 0.05) is 11.8 Å². The smallest absolute Gasteiger partial charge is 0.150 e. The highest BCUT2D eigenvalue weighted by Crippen LogP contribution is 2.06. The molecule has 110 valence electrons. The fourth-order valence-corrected chi connectivity index (χ4v) is 2.90. The summed E-state index contributed by atoms with van der Waals surface area (Å²) >= 11 is 0. The molecule has 0 heterocycles. The molecule has 0 aliphatic heterocycles. The summed E-state index contributed by atoms with van der Waals surface area (Å²) < 4.78 is 22.8. The van der Waals surface area contributed by atoms with Crippen molar-refractivity contribution in [1.82, 2.24) is 10.2 Å². The van der Waals surface area contributed by atoms with Gasteiger partial charge in [0.05, 0.1) is 5.75 Å². The summed E-state index contributed by atoms with van der Waals surface area (Å²) in [5.41, 5.74) is 0. The molecule has 1 atom stereocenters. The van der Waals surface area contributed by atoms with Gasteiger partial charge in [-0.05, 0) is 45.9 Å². The van der Waals surface area contributed by atoms with E-state index in [1.807, 2.05) is 7.05 Å². The van der Waals surface area contributed by atoms with E-state index < -0.39 is 9.84 Å². The van der Waals surface area contributed by atoms with Crippen molar-refractivity contribution in [2.24, 2.45) is 0 Å². The van der Waals surface area contributed by atoms with Crippen LogP contribution in [0.2, 0.25) is 0 Å². The van der Waals surface area contributed by atoms with Crippen LogP contribution in [0.3, 0.4) is 0 Å². The topological polar surface area (TPSA) is 49.4 Å². The summed E-state index contributed by atoms with van der Waals surface area (Å²) in [5.74, 6) is 0.587. The first-order chi connectivity index (χ1) is 8.49. The van der Waals surface area contributed by atoms with Gasteiger partial charge in [0.25, 0.3) is 0 Å². The van der Waals surface area contributed by atoms with E-state index in [0.29, 0.717) is 11.8 Å². The van der Waals surface area contributed by atoms with Crippen molar-refractivity contribution in [3.05, 3.63) is 0 Å². The molecule has 0 rings (SSSR count). The molecule has 0 aromatic rings. The Balaban J connectivity index is 3.90. The van der Waals surface area contributed by atoms with Crippen LogP contribution in [0.15, 0.2) is 0 Å². The lowest BCUT2D eigenvalue weighted by atomic mass is 10.1. The Morgan fingerprint density at radius 3 is 2.17 bits per heavy atom. The average Bonchev–Trinajstić information content (AvgIpc) is 2.37. The first-order valence-electron chi connectivity index (χ1n) is 7.09. The van der Waals surface area contributed by atoms with E-state index in [2.05, 4.69) is 24.1 Å². The summed E-state index contributed by atoms with van der Waals surface area (Å²) in [4.78, 5) is 2.40. The van der Waals surface area contributed by atoms with E-state index in [4.69, 9.17) is 0 Å². The summed E-state index contributed by atoms with van der Waals surface area (Å²) in [6, 6.07) is 0.428. The molecule has 0 spiro atoms. The van der Waals surface area contributed by atoms with Crippen LogP contribution in [0, 0.1) is 0 Å². The Bertz CT molecular complexity index is 287. The molecular formula is C13H30N2O2S. The second-order valence-corrected chi connectivity index (χ2v) is 7.15. The van der Waals surface area contributed by atoms with Crippen molar-refractivity contribution >= 4 is 9.84 Å². The zero-order valence-electron chi connectivity index (χ0n) is 12.4. The molecule has 1 unspecified atom stereocenters. The summed E-state index contributed by atoms with van der Waals surface area (Å²) in [7, 11) is -0.843. The normalized spacial score (nSPS) is 14.1. The van der Waals surface area contributed by atoms with Crippen LogP contribution in [0.5, 0.6) is 0 Å². The van der Waals surface area contributed by atoms with Gasteiger partial charge < -0.3 is 10.2 Å². The maximum Gasteiger partial charge on any atom is 0.150 e. The highest BCUT2D eigenvalue weighted by molar-refractivity contribution is 7.91. The van der Waals surface area contributed by atoms with Gasteiger partial charge in [-0.3, -0.25) is 0 Å². The van der Waals surface area contributed by atoms with E-state index in [-0.39, 0.29) is 5.75 Å². The fraction of sp³-hybridized carbons (Fsp3) is 1.00. The Morgan fingerprint density at radius 1 is 1.11 bits per heavy atom. The summed E-state index contributed by atoms with van der Waals surface area (Å²) in [6.45, 7) is 9.30. The van der Waals surface area contributed by atoms with E-state index in [0.717, 1.165) is 38.9 Å². The number of sulfone groups is 1. The van der Waals surface area contributed by atoms with Crippen LogP contribution in [-0.2, 0) is 9.84 Å². The first kappa shape index (κ1) is 17.9. The van der Waals surface area contributed by atoms with Gasteiger partial charge in [0.2, 0.25) is 0 Å². The van der Waals surface area contributed by atoms with Crippen molar-refractivity contribution < 1.29 is 8.42 Å². The molecule has 0 fully saturated rings. The van der Waals surface area contributed by atoms with E-state index in [1.165, 1.54) is 0 Å². The molecule has 0 aromatic carbocycles. The van der Waals surface area contributed by atoms with Crippen LogP contribution < -0.4 is 5.32 Å². The predicted octanol–water partition coefficient (Wildman–Crippen LogP) is 1.52. The van der Waals surface area contributed by atoms with Crippen LogP contribution in [0.1, 0.15) is 40.0 Å². The van der Waals surface area contributed by atoms with Gasteiger partial charge in [-0.15, -0.1) is 0 Å². The van der Waals surface area contributed by atoms with Gasteiger partial charge in [0.15, 0.2) is 0 Å². The SMILES string of the molecule is CCN(CC)CCC(CCCS(=O)(=O)CC)NC. The van der Waals surface area contributed by atoms with Gasteiger partial charge in [-0.1, -0.05) is 20.8 Å². The molecule has 4 nitrogen and oxygen atoms in total. The Morgan fingerprint density at radius 2 is 1.72 bits per heavy atom. The molecule has 0 bridgehead atoms. The molecule has 0 saturated carbocycles. The third-order valence-corrected chi connectivity index (χ3v) is 5.33. The molecule has 0 amide bonds. The Hall–Kier alpha value is -0.130. The number of hydrogen-bond acceptors (Lipinski definition) is 4. The van der Waals surface area contributed by atoms with Crippen LogP contribution in [-0.4, -0.2) is 57.5 Å². The van der Waals surface area contributed by atoms with Crippen molar-refractivity contribution in [3.8, 4) is 0 Å².